The van der Waals surface area contributed by atoms with Gasteiger partial charge in [0.1, 0.15) is 5.15 Å². The summed E-state index contributed by atoms with van der Waals surface area (Å²) in [6.07, 6.45) is 0.782. The van der Waals surface area contributed by atoms with Crippen molar-refractivity contribution in [1.29, 1.82) is 0 Å². The third kappa shape index (κ3) is 4.63. The first kappa shape index (κ1) is 18.6. The molecular formula is C15H15Cl3N4O2. The number of halogens is 3. The number of carbonyl (C=O) groups excluding carboxylic acids is 1. The lowest BCUT2D eigenvalue weighted by molar-refractivity contribution is 0.152. The van der Waals surface area contributed by atoms with E-state index < -0.39 is 6.09 Å². The van der Waals surface area contributed by atoms with E-state index in [0.29, 0.717) is 33.0 Å². The summed E-state index contributed by atoms with van der Waals surface area (Å²) in [5.74, 6) is 0. The SMILES string of the molecule is CCOC(=O)N/N=C\c1c(C)nn(Cc2ccc(Cl)cc2Cl)c1Cl. The number of hydrogen-bond donors (Lipinski definition) is 1. The number of aromatic nitrogens is 2. The van der Waals surface area contributed by atoms with Gasteiger partial charge >= 0.3 is 6.09 Å². The van der Waals surface area contributed by atoms with Crippen LogP contribution in [0.1, 0.15) is 23.7 Å². The summed E-state index contributed by atoms with van der Waals surface area (Å²) in [5.41, 5.74) is 4.33. The van der Waals surface area contributed by atoms with Crippen LogP contribution >= 0.6 is 34.8 Å². The number of carbonyl (C=O) groups is 1. The maximum absolute atomic E-state index is 11.2. The molecule has 0 atom stereocenters. The largest absolute Gasteiger partial charge is 0.449 e. The van der Waals surface area contributed by atoms with E-state index in [1.807, 2.05) is 6.07 Å². The van der Waals surface area contributed by atoms with Crippen molar-refractivity contribution in [2.75, 3.05) is 6.61 Å². The zero-order valence-corrected chi connectivity index (χ0v) is 15.3. The zero-order chi connectivity index (χ0) is 17.7. The molecule has 0 bridgehead atoms. The van der Waals surface area contributed by atoms with Crippen LogP contribution in [0.5, 0.6) is 0 Å². The Balaban J connectivity index is 2.16. The Morgan fingerprint density at radius 1 is 1.42 bits per heavy atom. The first-order valence-electron chi connectivity index (χ1n) is 7.05. The molecule has 128 valence electrons. The summed E-state index contributed by atoms with van der Waals surface area (Å²) < 4.78 is 6.30. The van der Waals surface area contributed by atoms with Gasteiger partial charge in [-0.05, 0) is 31.5 Å². The van der Waals surface area contributed by atoms with Crippen LogP contribution in [0.25, 0.3) is 0 Å². The number of nitrogens with zero attached hydrogens (tertiary/aromatic N) is 3. The molecular weight excluding hydrogens is 375 g/mol. The molecule has 0 radical (unpaired) electrons. The normalized spacial score (nSPS) is 11.0. The van der Waals surface area contributed by atoms with E-state index in [0.717, 1.165) is 5.56 Å². The average Bonchev–Trinajstić information content (AvgIpc) is 2.78. The van der Waals surface area contributed by atoms with Crippen molar-refractivity contribution in [2.24, 2.45) is 5.10 Å². The fourth-order valence-electron chi connectivity index (χ4n) is 1.94. The molecule has 1 N–H and O–H groups in total. The molecule has 0 unspecified atom stereocenters. The molecule has 0 saturated carbocycles. The molecule has 1 heterocycles. The number of hydrogen-bond acceptors (Lipinski definition) is 4. The van der Waals surface area contributed by atoms with Gasteiger partial charge < -0.3 is 4.74 Å². The highest BCUT2D eigenvalue weighted by Gasteiger charge is 2.13. The molecule has 6 nitrogen and oxygen atoms in total. The first-order chi connectivity index (χ1) is 11.4. The number of aryl methyl sites for hydroxylation is 1. The molecule has 9 heteroatoms. The van der Waals surface area contributed by atoms with Crippen LogP contribution in [0, 0.1) is 6.92 Å². The molecule has 1 aromatic heterocycles. The molecule has 2 rings (SSSR count). The van der Waals surface area contributed by atoms with E-state index >= 15 is 0 Å². The average molecular weight is 390 g/mol. The summed E-state index contributed by atoms with van der Waals surface area (Å²) in [6, 6.07) is 5.22. The van der Waals surface area contributed by atoms with Crippen LogP contribution in [-0.4, -0.2) is 28.7 Å². The molecule has 0 aliphatic rings. The van der Waals surface area contributed by atoms with E-state index in [2.05, 4.69) is 15.6 Å². The maximum atomic E-state index is 11.2. The molecule has 0 fully saturated rings. The number of ether oxygens (including phenoxy) is 1. The first-order valence-corrected chi connectivity index (χ1v) is 8.18. The Kier molecular flexibility index (Phi) is 6.48. The molecule has 0 aliphatic heterocycles. The third-order valence-electron chi connectivity index (χ3n) is 3.07. The van der Waals surface area contributed by atoms with Gasteiger partial charge in [-0.1, -0.05) is 40.9 Å². The van der Waals surface area contributed by atoms with E-state index in [9.17, 15) is 4.79 Å². The monoisotopic (exact) mass is 388 g/mol. The van der Waals surface area contributed by atoms with Gasteiger partial charge in [-0.2, -0.15) is 10.2 Å². The predicted molar refractivity (Wildman–Crippen MR) is 95.3 cm³/mol. The smallest absolute Gasteiger partial charge is 0.427 e. The van der Waals surface area contributed by atoms with Gasteiger partial charge in [0.25, 0.3) is 0 Å². The van der Waals surface area contributed by atoms with Gasteiger partial charge in [0, 0.05) is 10.0 Å². The van der Waals surface area contributed by atoms with Gasteiger partial charge in [0.05, 0.1) is 30.6 Å². The number of nitrogens with one attached hydrogen (secondary N) is 1. The zero-order valence-electron chi connectivity index (χ0n) is 13.0. The molecule has 0 spiro atoms. The van der Waals surface area contributed by atoms with E-state index in [1.54, 1.807) is 30.7 Å². The van der Waals surface area contributed by atoms with Gasteiger partial charge in [-0.15, -0.1) is 0 Å². The Hall–Kier alpha value is -1.76. The highest BCUT2D eigenvalue weighted by atomic mass is 35.5. The van der Waals surface area contributed by atoms with Crippen molar-refractivity contribution in [3.63, 3.8) is 0 Å². The minimum Gasteiger partial charge on any atom is -0.449 e. The lowest BCUT2D eigenvalue weighted by Crippen LogP contribution is -2.18. The number of benzene rings is 1. The van der Waals surface area contributed by atoms with Crippen molar-refractivity contribution in [1.82, 2.24) is 15.2 Å². The van der Waals surface area contributed by atoms with Crippen LogP contribution in [0.2, 0.25) is 15.2 Å². The Morgan fingerprint density at radius 3 is 2.83 bits per heavy atom. The Bertz CT molecular complexity index is 774. The topological polar surface area (TPSA) is 68.5 Å². The Labute approximate surface area is 154 Å². The highest BCUT2D eigenvalue weighted by molar-refractivity contribution is 6.35. The van der Waals surface area contributed by atoms with Crippen molar-refractivity contribution in [3.05, 3.63) is 50.2 Å². The van der Waals surface area contributed by atoms with E-state index in [-0.39, 0.29) is 6.61 Å². The Morgan fingerprint density at radius 2 is 2.17 bits per heavy atom. The van der Waals surface area contributed by atoms with Crippen molar-refractivity contribution in [3.8, 4) is 0 Å². The second kappa shape index (κ2) is 8.37. The van der Waals surface area contributed by atoms with Crippen molar-refractivity contribution >= 4 is 47.1 Å². The lowest BCUT2D eigenvalue weighted by atomic mass is 10.2. The van der Waals surface area contributed by atoms with Gasteiger partial charge in [0.15, 0.2) is 0 Å². The van der Waals surface area contributed by atoms with Crippen LogP contribution in [0.3, 0.4) is 0 Å². The van der Waals surface area contributed by atoms with Crippen LogP contribution in [0.15, 0.2) is 23.3 Å². The van der Waals surface area contributed by atoms with Gasteiger partial charge in [-0.3, -0.25) is 0 Å². The standard InChI is InChI=1S/C15H15Cl3N4O2/c1-3-24-15(23)20-19-7-12-9(2)21-22(14(12)18)8-10-4-5-11(16)6-13(10)17/h4-7H,3,8H2,1-2H3,(H,20,23)/b19-7-. The molecule has 0 aliphatic carbocycles. The number of hydrazone groups is 1. The second-order valence-corrected chi connectivity index (χ2v) is 5.98. The summed E-state index contributed by atoms with van der Waals surface area (Å²) >= 11 is 18.4. The molecule has 1 aromatic carbocycles. The second-order valence-electron chi connectivity index (χ2n) is 4.77. The fourth-order valence-corrected chi connectivity index (χ4v) is 2.69. The lowest BCUT2D eigenvalue weighted by Gasteiger charge is -2.06. The fraction of sp³-hybridized carbons (Fsp3) is 0.267. The summed E-state index contributed by atoms with van der Waals surface area (Å²) in [6.45, 7) is 4.14. The third-order valence-corrected chi connectivity index (χ3v) is 4.06. The molecule has 1 amide bonds. The van der Waals surface area contributed by atoms with Crippen LogP contribution < -0.4 is 5.43 Å². The minimum atomic E-state index is -0.636. The molecule has 0 saturated heterocycles. The van der Waals surface area contributed by atoms with Crippen molar-refractivity contribution in [2.45, 2.75) is 20.4 Å². The predicted octanol–water partition coefficient (Wildman–Crippen LogP) is 4.28. The van der Waals surface area contributed by atoms with Gasteiger partial charge in [0.2, 0.25) is 0 Å². The number of rotatable bonds is 5. The highest BCUT2D eigenvalue weighted by Crippen LogP contribution is 2.24. The minimum absolute atomic E-state index is 0.265. The summed E-state index contributed by atoms with van der Waals surface area (Å²) in [4.78, 5) is 11.2. The molecule has 24 heavy (non-hydrogen) atoms. The quantitative estimate of drug-likeness (QED) is 0.613. The summed E-state index contributed by atoms with van der Waals surface area (Å²) in [5, 5.41) is 9.64. The van der Waals surface area contributed by atoms with Crippen LogP contribution in [-0.2, 0) is 11.3 Å². The van der Waals surface area contributed by atoms with E-state index in [1.165, 1.54) is 6.21 Å². The molecule has 2 aromatic rings. The maximum Gasteiger partial charge on any atom is 0.427 e. The van der Waals surface area contributed by atoms with E-state index in [4.69, 9.17) is 39.5 Å². The van der Waals surface area contributed by atoms with Gasteiger partial charge in [-0.25, -0.2) is 14.9 Å². The summed E-state index contributed by atoms with van der Waals surface area (Å²) in [7, 11) is 0. The van der Waals surface area contributed by atoms with Crippen LogP contribution in [0.4, 0.5) is 4.79 Å². The van der Waals surface area contributed by atoms with Crippen molar-refractivity contribution < 1.29 is 9.53 Å². The number of amides is 1.